The molecule has 0 atom stereocenters. The molecule has 0 saturated carbocycles. The molecule has 0 aliphatic carbocycles. The van der Waals surface area contributed by atoms with Gasteiger partial charge in [0.25, 0.3) is 0 Å². The number of aryl methyl sites for hydroxylation is 1. The van der Waals surface area contributed by atoms with Crippen LogP contribution in [0.2, 0.25) is 0 Å². The zero-order valence-electron chi connectivity index (χ0n) is 14.6. The molecule has 3 aromatic rings. The zero-order chi connectivity index (χ0) is 17.9. The lowest BCUT2D eigenvalue weighted by Crippen LogP contribution is -2.46. The first-order chi connectivity index (χ1) is 12.7. The number of urea groups is 1. The van der Waals surface area contributed by atoms with Crippen molar-refractivity contribution in [1.29, 1.82) is 0 Å². The van der Waals surface area contributed by atoms with Gasteiger partial charge in [-0.2, -0.15) is 4.98 Å². The van der Waals surface area contributed by atoms with Crippen molar-refractivity contribution in [1.82, 2.24) is 25.3 Å². The zero-order valence-corrected chi connectivity index (χ0v) is 14.6. The summed E-state index contributed by atoms with van der Waals surface area (Å²) in [5.74, 6) is 0.808. The van der Waals surface area contributed by atoms with E-state index in [1.165, 1.54) is 11.9 Å². The van der Waals surface area contributed by atoms with Gasteiger partial charge < -0.3 is 20.5 Å². The first-order valence-corrected chi connectivity index (χ1v) is 8.72. The number of fused-ring (bicyclic) bond motifs is 1. The van der Waals surface area contributed by atoms with E-state index in [1.807, 2.05) is 31.2 Å². The molecule has 0 bridgehead atoms. The van der Waals surface area contributed by atoms with E-state index in [1.54, 1.807) is 6.20 Å². The molecule has 1 saturated heterocycles. The van der Waals surface area contributed by atoms with Gasteiger partial charge in [0.05, 0.1) is 6.20 Å². The number of carbonyl (C=O) groups excluding carboxylic acids is 1. The predicted molar refractivity (Wildman–Crippen MR) is 100 cm³/mol. The average Bonchev–Trinajstić information content (AvgIpc) is 3.08. The molecular weight excluding hydrogens is 330 g/mol. The Bertz CT molecular complexity index is 864. The Kier molecular flexibility index (Phi) is 4.39. The fraction of sp³-hybridized carbons (Fsp3) is 0.333. The third kappa shape index (κ3) is 3.58. The summed E-state index contributed by atoms with van der Waals surface area (Å²) in [6, 6.07) is 7.76. The normalized spacial score (nSPS) is 15.2. The Morgan fingerprint density at radius 3 is 2.73 bits per heavy atom. The number of piperidine rings is 1. The minimum absolute atomic E-state index is 0.154. The summed E-state index contributed by atoms with van der Waals surface area (Å²) in [5.41, 5.74) is 3.47. The maximum absolute atomic E-state index is 12.2. The number of benzene rings is 1. The second-order valence-electron chi connectivity index (χ2n) is 6.55. The number of nitrogens with zero attached hydrogens (tertiary/aromatic N) is 4. The maximum Gasteiger partial charge on any atom is 0.319 e. The minimum Gasteiger partial charge on any atom is -0.342 e. The summed E-state index contributed by atoms with van der Waals surface area (Å²) in [7, 11) is 0. The third-order valence-electron chi connectivity index (χ3n) is 4.59. The van der Waals surface area contributed by atoms with E-state index in [0.29, 0.717) is 5.65 Å². The molecule has 1 aromatic carbocycles. The molecule has 4 rings (SSSR count). The molecule has 0 unspecified atom stereocenters. The number of aromatic amines is 1. The highest BCUT2D eigenvalue weighted by Gasteiger charge is 2.22. The van der Waals surface area contributed by atoms with Gasteiger partial charge in [-0.05, 0) is 31.9 Å². The van der Waals surface area contributed by atoms with Crippen molar-refractivity contribution in [2.75, 3.05) is 23.3 Å². The number of H-pyrrole nitrogens is 1. The SMILES string of the molecule is Cc1ccc(NC(=O)NC2CCN(c3nc4ncncc4[nH]3)CC2)cc1. The van der Waals surface area contributed by atoms with E-state index >= 15 is 0 Å². The van der Waals surface area contributed by atoms with E-state index in [2.05, 4.69) is 35.5 Å². The Balaban J connectivity index is 1.30. The van der Waals surface area contributed by atoms with Gasteiger partial charge in [-0.15, -0.1) is 0 Å². The van der Waals surface area contributed by atoms with Crippen molar-refractivity contribution >= 4 is 28.8 Å². The van der Waals surface area contributed by atoms with Crippen molar-refractivity contribution in [2.45, 2.75) is 25.8 Å². The molecule has 8 nitrogen and oxygen atoms in total. The second-order valence-corrected chi connectivity index (χ2v) is 6.55. The van der Waals surface area contributed by atoms with Crippen LogP contribution in [0.3, 0.4) is 0 Å². The van der Waals surface area contributed by atoms with Crippen molar-refractivity contribution in [3.8, 4) is 0 Å². The van der Waals surface area contributed by atoms with Crippen molar-refractivity contribution in [3.63, 3.8) is 0 Å². The molecule has 1 aliphatic heterocycles. The largest absolute Gasteiger partial charge is 0.342 e. The van der Waals surface area contributed by atoms with Crippen molar-refractivity contribution in [2.24, 2.45) is 0 Å². The summed E-state index contributed by atoms with van der Waals surface area (Å²) >= 11 is 0. The molecule has 2 aromatic heterocycles. The van der Waals surface area contributed by atoms with Crippen molar-refractivity contribution in [3.05, 3.63) is 42.4 Å². The van der Waals surface area contributed by atoms with Gasteiger partial charge in [-0.25, -0.2) is 14.8 Å². The van der Waals surface area contributed by atoms with Crippen LogP contribution in [-0.2, 0) is 0 Å². The lowest BCUT2D eigenvalue weighted by molar-refractivity contribution is 0.246. The molecule has 0 spiro atoms. The summed E-state index contributed by atoms with van der Waals surface area (Å²) in [5, 5.41) is 5.93. The number of hydrogen-bond donors (Lipinski definition) is 3. The lowest BCUT2D eigenvalue weighted by Gasteiger charge is -2.32. The van der Waals surface area contributed by atoms with Gasteiger partial charge in [0, 0.05) is 24.8 Å². The summed E-state index contributed by atoms with van der Waals surface area (Å²) in [6.45, 7) is 3.66. The first kappa shape index (κ1) is 16.3. The summed E-state index contributed by atoms with van der Waals surface area (Å²) < 4.78 is 0. The standard InChI is InChI=1S/C18H21N7O/c1-12-2-4-13(5-3-12)21-18(26)22-14-6-8-25(9-7-14)17-23-15-10-19-11-20-16(15)24-17/h2-5,10-11,14H,6-9H2,1H3,(H2,21,22,26)(H,19,20,23,24). The Morgan fingerprint density at radius 1 is 1.23 bits per heavy atom. The quantitative estimate of drug-likeness (QED) is 0.673. The lowest BCUT2D eigenvalue weighted by atomic mass is 10.1. The molecule has 134 valence electrons. The summed E-state index contributed by atoms with van der Waals surface area (Å²) in [4.78, 5) is 30.2. The molecule has 1 fully saturated rings. The van der Waals surface area contributed by atoms with Crippen LogP contribution in [0.25, 0.3) is 11.2 Å². The van der Waals surface area contributed by atoms with Crippen LogP contribution in [-0.4, -0.2) is 45.1 Å². The molecule has 3 N–H and O–H groups in total. The van der Waals surface area contributed by atoms with Crippen molar-refractivity contribution < 1.29 is 4.79 Å². The highest BCUT2D eigenvalue weighted by molar-refractivity contribution is 5.89. The van der Waals surface area contributed by atoms with Gasteiger partial charge in [0.1, 0.15) is 11.8 Å². The second kappa shape index (κ2) is 6.99. The molecular formula is C18H21N7O. The van der Waals surface area contributed by atoms with Gasteiger partial charge >= 0.3 is 6.03 Å². The molecule has 3 heterocycles. The van der Waals surface area contributed by atoms with Crippen LogP contribution < -0.4 is 15.5 Å². The van der Waals surface area contributed by atoms with Crippen LogP contribution in [0, 0.1) is 6.92 Å². The van der Waals surface area contributed by atoms with Gasteiger partial charge in [0.2, 0.25) is 5.95 Å². The number of nitrogens with one attached hydrogen (secondary N) is 3. The van der Waals surface area contributed by atoms with E-state index in [-0.39, 0.29) is 12.1 Å². The summed E-state index contributed by atoms with van der Waals surface area (Å²) in [6.07, 6.45) is 4.95. The molecule has 8 heteroatoms. The number of imidazole rings is 1. The number of aromatic nitrogens is 4. The highest BCUT2D eigenvalue weighted by atomic mass is 16.2. The van der Waals surface area contributed by atoms with Gasteiger partial charge in [-0.1, -0.05) is 17.7 Å². The topological polar surface area (TPSA) is 98.8 Å². The molecule has 2 amide bonds. The fourth-order valence-corrected chi connectivity index (χ4v) is 3.12. The Labute approximate surface area is 151 Å². The van der Waals surface area contributed by atoms with E-state index in [4.69, 9.17) is 0 Å². The van der Waals surface area contributed by atoms with Crippen LogP contribution in [0.5, 0.6) is 0 Å². The van der Waals surface area contributed by atoms with Gasteiger partial charge in [-0.3, -0.25) is 0 Å². The molecule has 1 aliphatic rings. The smallest absolute Gasteiger partial charge is 0.319 e. The van der Waals surface area contributed by atoms with Gasteiger partial charge in [0.15, 0.2) is 5.65 Å². The Hall–Kier alpha value is -3.16. The number of carbonyl (C=O) groups is 1. The van der Waals surface area contributed by atoms with E-state index < -0.39 is 0 Å². The van der Waals surface area contributed by atoms with E-state index in [9.17, 15) is 4.79 Å². The molecule has 26 heavy (non-hydrogen) atoms. The van der Waals surface area contributed by atoms with Crippen LogP contribution in [0.4, 0.5) is 16.4 Å². The van der Waals surface area contributed by atoms with Crippen LogP contribution in [0.15, 0.2) is 36.8 Å². The highest BCUT2D eigenvalue weighted by Crippen LogP contribution is 2.19. The number of amides is 2. The first-order valence-electron chi connectivity index (χ1n) is 8.72. The number of anilines is 2. The monoisotopic (exact) mass is 351 g/mol. The average molecular weight is 351 g/mol. The third-order valence-corrected chi connectivity index (χ3v) is 4.59. The van der Waals surface area contributed by atoms with Crippen LogP contribution in [0.1, 0.15) is 18.4 Å². The van der Waals surface area contributed by atoms with Crippen LogP contribution >= 0.6 is 0 Å². The Morgan fingerprint density at radius 2 is 2.00 bits per heavy atom. The fourth-order valence-electron chi connectivity index (χ4n) is 3.12. The maximum atomic E-state index is 12.2. The molecule has 0 radical (unpaired) electrons. The minimum atomic E-state index is -0.161. The van der Waals surface area contributed by atoms with E-state index in [0.717, 1.165) is 43.1 Å². The number of hydrogen-bond acceptors (Lipinski definition) is 5. The predicted octanol–water partition coefficient (Wildman–Crippen LogP) is 2.45. The number of rotatable bonds is 3.